The van der Waals surface area contributed by atoms with Crippen LogP contribution >= 0.6 is 0 Å². The third kappa shape index (κ3) is 4.96. The van der Waals surface area contributed by atoms with Crippen LogP contribution in [0.15, 0.2) is 0 Å². The van der Waals surface area contributed by atoms with Gasteiger partial charge in [-0.05, 0) is 18.8 Å². The van der Waals surface area contributed by atoms with E-state index in [2.05, 4.69) is 24.1 Å². The molecule has 0 saturated heterocycles. The Bertz CT molecular complexity index is 277. The first-order chi connectivity index (χ1) is 7.86. The SMILES string of the molecule is CC#CON(CC1CCCCC1)OC#CC. The van der Waals surface area contributed by atoms with E-state index in [4.69, 9.17) is 9.68 Å². The van der Waals surface area contributed by atoms with Crippen molar-refractivity contribution in [2.24, 2.45) is 5.92 Å². The quantitative estimate of drug-likeness (QED) is 0.538. The average Bonchev–Trinajstić information content (AvgIpc) is 2.34. The van der Waals surface area contributed by atoms with Gasteiger partial charge in [0.25, 0.3) is 0 Å². The molecule has 3 heteroatoms. The molecule has 1 rings (SSSR count). The lowest BCUT2D eigenvalue weighted by Crippen LogP contribution is -2.28. The van der Waals surface area contributed by atoms with Gasteiger partial charge in [-0.25, -0.2) is 0 Å². The fourth-order valence-corrected chi connectivity index (χ4v) is 1.87. The highest BCUT2D eigenvalue weighted by atomic mass is 16.9. The van der Waals surface area contributed by atoms with Crippen molar-refractivity contribution in [3.63, 3.8) is 0 Å². The standard InChI is InChI=1S/C13H19NO2/c1-3-10-15-14(16-11-4-2)12-13-8-6-5-7-9-13/h13H,5-9,12H2,1-2H3. The van der Waals surface area contributed by atoms with Crippen molar-refractivity contribution < 1.29 is 9.68 Å². The van der Waals surface area contributed by atoms with E-state index in [1.54, 1.807) is 13.8 Å². The summed E-state index contributed by atoms with van der Waals surface area (Å²) in [6, 6.07) is 0. The predicted molar refractivity (Wildman–Crippen MR) is 62.4 cm³/mol. The highest BCUT2D eigenvalue weighted by molar-refractivity contribution is 4.86. The Kier molecular flexibility index (Phi) is 6.30. The topological polar surface area (TPSA) is 21.7 Å². The molecule has 0 unspecified atom stereocenters. The Balaban J connectivity index is 2.38. The minimum absolute atomic E-state index is 0.631. The zero-order valence-electron chi connectivity index (χ0n) is 10.1. The molecule has 88 valence electrons. The summed E-state index contributed by atoms with van der Waals surface area (Å²) < 4.78 is 0. The number of rotatable bonds is 4. The monoisotopic (exact) mass is 221 g/mol. The molecule has 0 aromatic rings. The van der Waals surface area contributed by atoms with Crippen LogP contribution in [0.1, 0.15) is 46.0 Å². The molecule has 0 spiro atoms. The third-order valence-electron chi connectivity index (χ3n) is 2.63. The van der Waals surface area contributed by atoms with Gasteiger partial charge in [-0.1, -0.05) is 31.1 Å². The van der Waals surface area contributed by atoms with Gasteiger partial charge in [0.05, 0.1) is 6.54 Å². The maximum atomic E-state index is 5.14. The van der Waals surface area contributed by atoms with Crippen LogP contribution in [0.3, 0.4) is 0 Å². The smallest absolute Gasteiger partial charge is 0.142 e. The Hall–Kier alpha value is -1.32. The predicted octanol–water partition coefficient (Wildman–Crippen LogP) is 2.69. The Morgan fingerprint density at radius 2 is 1.56 bits per heavy atom. The van der Waals surface area contributed by atoms with Gasteiger partial charge in [-0.15, -0.1) is 0 Å². The molecule has 0 heterocycles. The van der Waals surface area contributed by atoms with Crippen molar-refractivity contribution in [1.29, 1.82) is 0 Å². The first-order valence-corrected chi connectivity index (χ1v) is 5.81. The second-order valence-electron chi connectivity index (χ2n) is 3.91. The summed E-state index contributed by atoms with van der Waals surface area (Å²) in [5, 5.41) is 1.39. The highest BCUT2D eigenvalue weighted by Gasteiger charge is 2.18. The maximum absolute atomic E-state index is 5.14. The van der Waals surface area contributed by atoms with Crippen molar-refractivity contribution >= 4 is 0 Å². The van der Waals surface area contributed by atoms with Crippen LogP contribution in [0.5, 0.6) is 0 Å². The normalized spacial score (nSPS) is 15.7. The molecule has 0 aromatic heterocycles. The lowest BCUT2D eigenvalue weighted by molar-refractivity contribution is -0.303. The first kappa shape index (κ1) is 12.7. The van der Waals surface area contributed by atoms with Crippen LogP contribution in [0.2, 0.25) is 0 Å². The molecular weight excluding hydrogens is 202 g/mol. The third-order valence-corrected chi connectivity index (χ3v) is 2.63. The van der Waals surface area contributed by atoms with E-state index in [1.165, 1.54) is 37.3 Å². The highest BCUT2D eigenvalue weighted by Crippen LogP contribution is 2.24. The summed E-state index contributed by atoms with van der Waals surface area (Å²) in [4.78, 5) is 10.3. The molecule has 0 amide bonds. The average molecular weight is 221 g/mol. The van der Waals surface area contributed by atoms with Gasteiger partial charge in [-0.3, -0.25) is 0 Å². The van der Waals surface area contributed by atoms with E-state index in [-0.39, 0.29) is 0 Å². The Labute approximate surface area is 98.0 Å². The molecule has 1 aliphatic carbocycles. The van der Waals surface area contributed by atoms with Crippen molar-refractivity contribution in [2.75, 3.05) is 6.54 Å². The van der Waals surface area contributed by atoms with E-state index < -0.39 is 0 Å². The van der Waals surface area contributed by atoms with Gasteiger partial charge >= 0.3 is 0 Å². The van der Waals surface area contributed by atoms with E-state index in [0.29, 0.717) is 5.92 Å². The van der Waals surface area contributed by atoms with E-state index in [9.17, 15) is 0 Å². The molecule has 3 nitrogen and oxygen atoms in total. The molecule has 1 fully saturated rings. The fourth-order valence-electron chi connectivity index (χ4n) is 1.87. The molecule has 1 saturated carbocycles. The second-order valence-corrected chi connectivity index (χ2v) is 3.91. The van der Waals surface area contributed by atoms with Crippen molar-refractivity contribution in [3.8, 4) is 24.1 Å². The molecule has 0 radical (unpaired) electrons. The molecule has 1 aliphatic rings. The number of hydroxylamine groups is 2. The second kappa shape index (κ2) is 7.91. The van der Waals surface area contributed by atoms with Gasteiger partial charge in [-0.2, -0.15) is 0 Å². The lowest BCUT2D eigenvalue weighted by Gasteiger charge is -2.24. The lowest BCUT2D eigenvalue weighted by atomic mass is 9.89. The van der Waals surface area contributed by atoms with Crippen LogP contribution in [-0.4, -0.2) is 11.8 Å². The maximum Gasteiger partial charge on any atom is 0.142 e. The first-order valence-electron chi connectivity index (χ1n) is 5.81. The summed E-state index contributed by atoms with van der Waals surface area (Å²) in [7, 11) is 0. The van der Waals surface area contributed by atoms with Gasteiger partial charge in [0.2, 0.25) is 0 Å². The van der Waals surface area contributed by atoms with Gasteiger partial charge in [0, 0.05) is 19.1 Å². The molecule has 0 atom stereocenters. The minimum atomic E-state index is 0.631. The van der Waals surface area contributed by atoms with Gasteiger partial charge in [0.1, 0.15) is 12.2 Å². The molecule has 16 heavy (non-hydrogen) atoms. The van der Waals surface area contributed by atoms with Crippen LogP contribution in [0.25, 0.3) is 0 Å². The van der Waals surface area contributed by atoms with Crippen LogP contribution in [-0.2, 0) is 9.68 Å². The molecule has 0 aliphatic heterocycles. The zero-order valence-corrected chi connectivity index (χ0v) is 10.1. The minimum Gasteiger partial charge on any atom is -0.317 e. The van der Waals surface area contributed by atoms with Crippen LogP contribution in [0.4, 0.5) is 0 Å². The number of nitrogens with zero attached hydrogens (tertiary/aromatic N) is 1. The van der Waals surface area contributed by atoms with E-state index >= 15 is 0 Å². The Morgan fingerprint density at radius 3 is 2.06 bits per heavy atom. The van der Waals surface area contributed by atoms with Gasteiger partial charge in [0.15, 0.2) is 0 Å². The number of hydrogen-bond donors (Lipinski definition) is 0. The largest absolute Gasteiger partial charge is 0.317 e. The Morgan fingerprint density at radius 1 is 1.00 bits per heavy atom. The summed E-state index contributed by atoms with van der Waals surface area (Å²) in [5.41, 5.74) is 0. The van der Waals surface area contributed by atoms with Crippen molar-refractivity contribution in [3.05, 3.63) is 0 Å². The molecule has 0 aromatic carbocycles. The van der Waals surface area contributed by atoms with E-state index in [0.717, 1.165) is 6.54 Å². The van der Waals surface area contributed by atoms with Crippen LogP contribution < -0.4 is 0 Å². The summed E-state index contributed by atoms with van der Waals surface area (Å²) in [6.07, 6.45) is 11.5. The number of hydrogen-bond acceptors (Lipinski definition) is 3. The van der Waals surface area contributed by atoms with Gasteiger partial charge < -0.3 is 9.68 Å². The van der Waals surface area contributed by atoms with Crippen molar-refractivity contribution in [1.82, 2.24) is 5.23 Å². The molecule has 0 N–H and O–H groups in total. The summed E-state index contributed by atoms with van der Waals surface area (Å²) in [5.74, 6) is 5.97. The van der Waals surface area contributed by atoms with E-state index in [1.807, 2.05) is 0 Å². The molecular formula is C13H19NO2. The fraction of sp³-hybridized carbons (Fsp3) is 0.692. The van der Waals surface area contributed by atoms with Crippen molar-refractivity contribution in [2.45, 2.75) is 46.0 Å². The zero-order chi connectivity index (χ0) is 11.6. The summed E-state index contributed by atoms with van der Waals surface area (Å²) in [6.45, 7) is 4.19. The molecule has 0 bridgehead atoms. The summed E-state index contributed by atoms with van der Waals surface area (Å²) >= 11 is 0. The van der Waals surface area contributed by atoms with Crippen LogP contribution in [0, 0.1) is 30.0 Å².